The van der Waals surface area contributed by atoms with Crippen molar-refractivity contribution in [3.63, 3.8) is 0 Å². The van der Waals surface area contributed by atoms with E-state index >= 15 is 0 Å². The molecule has 5 N–H and O–H groups in total. The maximum Gasteiger partial charge on any atom is 0.404 e. The van der Waals surface area contributed by atoms with Crippen LogP contribution in [0.15, 0.2) is 0 Å². The highest BCUT2D eigenvalue weighted by Gasteiger charge is 2.11. The molecule has 7 heteroatoms. The van der Waals surface area contributed by atoms with Crippen LogP contribution in [0.4, 0.5) is 16.3 Å². The van der Waals surface area contributed by atoms with Crippen molar-refractivity contribution < 1.29 is 9.53 Å². The van der Waals surface area contributed by atoms with Crippen LogP contribution in [0.3, 0.4) is 0 Å². The Balaban J connectivity index is 2.59. The molecule has 7 nitrogen and oxygen atoms in total. The zero-order chi connectivity index (χ0) is 12.8. The zero-order valence-corrected chi connectivity index (χ0v) is 10.2. The molecule has 0 aliphatic carbocycles. The molecule has 0 aromatic carbocycles. The molecule has 0 atom stereocenters. The molecule has 1 aromatic rings. The molecule has 0 aliphatic heterocycles. The van der Waals surface area contributed by atoms with E-state index in [0.717, 1.165) is 24.5 Å². The summed E-state index contributed by atoms with van der Waals surface area (Å²) in [6.45, 7) is 5.35. The first kappa shape index (κ1) is 13.1. The molecule has 1 rings (SSSR count). The zero-order valence-electron chi connectivity index (χ0n) is 10.2. The first-order chi connectivity index (χ1) is 8.06. The van der Waals surface area contributed by atoms with Gasteiger partial charge in [0.05, 0.1) is 17.9 Å². The van der Waals surface area contributed by atoms with Crippen LogP contribution in [0.1, 0.15) is 19.0 Å². The van der Waals surface area contributed by atoms with Crippen molar-refractivity contribution in [2.45, 2.75) is 26.8 Å². The maximum absolute atomic E-state index is 10.4. The van der Waals surface area contributed by atoms with Crippen molar-refractivity contribution in [3.05, 3.63) is 5.69 Å². The monoisotopic (exact) mass is 241 g/mol. The van der Waals surface area contributed by atoms with Gasteiger partial charge in [-0.2, -0.15) is 5.10 Å². The van der Waals surface area contributed by atoms with E-state index in [1.165, 1.54) is 0 Å². The second kappa shape index (κ2) is 5.97. The molecule has 17 heavy (non-hydrogen) atoms. The van der Waals surface area contributed by atoms with Crippen molar-refractivity contribution in [1.29, 1.82) is 0 Å². The first-order valence-corrected chi connectivity index (χ1v) is 5.55. The third-order valence-electron chi connectivity index (χ3n) is 2.25. The summed E-state index contributed by atoms with van der Waals surface area (Å²) < 4.78 is 6.43. The Morgan fingerprint density at radius 2 is 2.29 bits per heavy atom. The fraction of sp³-hybridized carbons (Fsp3) is 0.600. The summed E-state index contributed by atoms with van der Waals surface area (Å²) in [6.07, 6.45) is 0.186. The lowest BCUT2D eigenvalue weighted by Gasteiger charge is -2.09. The molecule has 0 saturated heterocycles. The Labute approximate surface area is 100 Å². The van der Waals surface area contributed by atoms with Crippen molar-refractivity contribution in [2.75, 3.05) is 24.2 Å². The Hall–Kier alpha value is -1.92. The fourth-order valence-corrected chi connectivity index (χ4v) is 1.48. The van der Waals surface area contributed by atoms with Crippen LogP contribution in [0.25, 0.3) is 0 Å². The third kappa shape index (κ3) is 3.54. The number of hydrogen-bond acceptors (Lipinski definition) is 5. The number of nitrogens with zero attached hydrogens (tertiary/aromatic N) is 2. The third-order valence-corrected chi connectivity index (χ3v) is 2.25. The van der Waals surface area contributed by atoms with Gasteiger partial charge in [-0.25, -0.2) is 9.48 Å². The van der Waals surface area contributed by atoms with E-state index < -0.39 is 6.09 Å². The smallest absolute Gasteiger partial charge is 0.404 e. The molecule has 1 heterocycles. The molecule has 1 amide bonds. The van der Waals surface area contributed by atoms with Gasteiger partial charge in [0.1, 0.15) is 12.4 Å². The van der Waals surface area contributed by atoms with Crippen molar-refractivity contribution >= 4 is 17.6 Å². The molecular formula is C10H19N5O2. The van der Waals surface area contributed by atoms with Gasteiger partial charge in [0, 0.05) is 6.54 Å². The highest BCUT2D eigenvalue weighted by atomic mass is 16.5. The number of anilines is 2. The van der Waals surface area contributed by atoms with E-state index in [9.17, 15) is 4.79 Å². The normalized spacial score (nSPS) is 10.2. The van der Waals surface area contributed by atoms with Crippen molar-refractivity contribution in [3.8, 4) is 0 Å². The van der Waals surface area contributed by atoms with Crippen LogP contribution in [-0.4, -0.2) is 29.0 Å². The number of rotatable bonds is 6. The van der Waals surface area contributed by atoms with E-state index in [-0.39, 0.29) is 6.61 Å². The summed E-state index contributed by atoms with van der Waals surface area (Å²) in [4.78, 5) is 10.4. The van der Waals surface area contributed by atoms with Gasteiger partial charge in [0.25, 0.3) is 0 Å². The average molecular weight is 241 g/mol. The van der Waals surface area contributed by atoms with Crippen molar-refractivity contribution in [2.24, 2.45) is 5.73 Å². The summed E-state index contributed by atoms with van der Waals surface area (Å²) in [5.74, 6) is 0.762. The first-order valence-electron chi connectivity index (χ1n) is 5.55. The average Bonchev–Trinajstić information content (AvgIpc) is 2.51. The van der Waals surface area contributed by atoms with Crippen LogP contribution < -0.4 is 16.8 Å². The number of carbonyl (C=O) groups is 1. The Bertz CT molecular complexity index is 388. The van der Waals surface area contributed by atoms with Crippen molar-refractivity contribution in [1.82, 2.24) is 9.78 Å². The number of aryl methyl sites for hydroxylation is 2. The van der Waals surface area contributed by atoms with Gasteiger partial charge in [0.15, 0.2) is 0 Å². The van der Waals surface area contributed by atoms with Gasteiger partial charge < -0.3 is 21.5 Å². The SMILES string of the molecule is CCCn1nc(C)c(N)c1NCCOC(N)=O. The maximum atomic E-state index is 10.4. The van der Waals surface area contributed by atoms with Gasteiger partial charge in [-0.05, 0) is 13.3 Å². The van der Waals surface area contributed by atoms with E-state index in [1.807, 2.05) is 11.6 Å². The van der Waals surface area contributed by atoms with Crippen LogP contribution in [0, 0.1) is 6.92 Å². The number of carbonyl (C=O) groups excluding carboxylic acids is 1. The summed E-state index contributed by atoms with van der Waals surface area (Å²) in [7, 11) is 0. The molecule has 0 fully saturated rings. The van der Waals surface area contributed by atoms with Crippen LogP contribution >= 0.6 is 0 Å². The minimum Gasteiger partial charge on any atom is -0.448 e. The number of nitrogens with one attached hydrogen (secondary N) is 1. The summed E-state index contributed by atoms with van der Waals surface area (Å²) in [6, 6.07) is 0. The topological polar surface area (TPSA) is 108 Å². The van der Waals surface area contributed by atoms with Gasteiger partial charge in [-0.1, -0.05) is 6.92 Å². The molecular weight excluding hydrogens is 222 g/mol. The Morgan fingerprint density at radius 1 is 1.59 bits per heavy atom. The Morgan fingerprint density at radius 3 is 2.88 bits per heavy atom. The lowest BCUT2D eigenvalue weighted by atomic mass is 10.4. The number of nitrogen functional groups attached to an aromatic ring is 1. The lowest BCUT2D eigenvalue weighted by Crippen LogP contribution is -2.19. The molecule has 0 bridgehead atoms. The van der Waals surface area contributed by atoms with Gasteiger partial charge in [-0.3, -0.25) is 0 Å². The summed E-state index contributed by atoms with van der Waals surface area (Å²) in [5.41, 5.74) is 12.2. The molecule has 96 valence electrons. The molecule has 0 saturated carbocycles. The molecule has 0 spiro atoms. The standard InChI is InChI=1S/C10H19N5O2/c1-3-5-15-9(8(11)7(2)14-15)13-4-6-17-10(12)16/h13H,3-6,11H2,1-2H3,(H2,12,16). The fourth-order valence-electron chi connectivity index (χ4n) is 1.48. The van der Waals surface area contributed by atoms with Crippen LogP contribution in [0.2, 0.25) is 0 Å². The predicted molar refractivity (Wildman–Crippen MR) is 65.7 cm³/mol. The number of primary amides is 1. The highest BCUT2D eigenvalue weighted by Crippen LogP contribution is 2.22. The molecule has 1 aromatic heterocycles. The lowest BCUT2D eigenvalue weighted by molar-refractivity contribution is 0.161. The number of ether oxygens (including phenoxy) is 1. The van der Waals surface area contributed by atoms with E-state index in [0.29, 0.717) is 12.2 Å². The number of nitrogens with two attached hydrogens (primary N) is 2. The molecule has 0 unspecified atom stereocenters. The van der Waals surface area contributed by atoms with E-state index in [2.05, 4.69) is 22.1 Å². The van der Waals surface area contributed by atoms with Gasteiger partial charge in [-0.15, -0.1) is 0 Å². The summed E-state index contributed by atoms with van der Waals surface area (Å²) in [5, 5.41) is 7.40. The number of amides is 1. The quantitative estimate of drug-likeness (QED) is 0.635. The van der Waals surface area contributed by atoms with Gasteiger partial charge >= 0.3 is 6.09 Å². The van der Waals surface area contributed by atoms with Crippen LogP contribution in [0.5, 0.6) is 0 Å². The minimum atomic E-state index is -0.780. The minimum absolute atomic E-state index is 0.200. The van der Waals surface area contributed by atoms with E-state index in [4.69, 9.17) is 11.5 Å². The number of aromatic nitrogens is 2. The Kier molecular flexibility index (Phi) is 4.62. The highest BCUT2D eigenvalue weighted by molar-refractivity contribution is 5.65. The second-order valence-corrected chi connectivity index (χ2v) is 3.67. The second-order valence-electron chi connectivity index (χ2n) is 3.67. The molecule has 0 aliphatic rings. The van der Waals surface area contributed by atoms with E-state index in [1.54, 1.807) is 0 Å². The summed E-state index contributed by atoms with van der Waals surface area (Å²) >= 11 is 0. The number of hydrogen-bond donors (Lipinski definition) is 3. The molecule has 0 radical (unpaired) electrons. The van der Waals surface area contributed by atoms with Crippen LogP contribution in [-0.2, 0) is 11.3 Å². The van der Waals surface area contributed by atoms with Gasteiger partial charge in [0.2, 0.25) is 0 Å². The largest absolute Gasteiger partial charge is 0.448 e. The predicted octanol–water partition coefficient (Wildman–Crippen LogP) is 0.691.